The molecule has 1 aromatic heterocycles. The summed E-state index contributed by atoms with van der Waals surface area (Å²) in [5.41, 5.74) is 1.97. The highest BCUT2D eigenvalue weighted by Gasteiger charge is 2.14. The minimum absolute atomic E-state index is 0.0874. The second kappa shape index (κ2) is 5.69. The Morgan fingerprint density at radius 1 is 1.00 bits per heavy atom. The number of rotatable bonds is 2. The third-order valence-electron chi connectivity index (χ3n) is 4.74. The molecule has 0 bridgehead atoms. The van der Waals surface area contributed by atoms with Gasteiger partial charge in [-0.25, -0.2) is 5.21 Å². The molecule has 6 heteroatoms. The third kappa shape index (κ3) is 2.54. The smallest absolute Gasteiger partial charge is 0.215 e. The van der Waals surface area contributed by atoms with E-state index in [0.717, 1.165) is 5.56 Å². The molecule has 2 heterocycles. The van der Waals surface area contributed by atoms with Crippen molar-refractivity contribution in [3.63, 3.8) is 0 Å². The lowest BCUT2D eigenvalue weighted by Gasteiger charge is -2.19. The molecule has 1 aromatic carbocycles. The average Bonchev–Trinajstić information content (AvgIpc) is 3.03. The molecule has 0 atom stereocenters. The predicted octanol–water partition coefficient (Wildman–Crippen LogP) is 2.48. The minimum atomic E-state index is -0.202. The number of H-pyrrole nitrogens is 2. The molecule has 0 saturated heterocycles. The predicted molar refractivity (Wildman–Crippen MR) is 101 cm³/mol. The third-order valence-corrected chi connectivity index (χ3v) is 4.74. The monoisotopic (exact) mass is 348 g/mol. The molecular formula is C20H20N4O2. The van der Waals surface area contributed by atoms with E-state index in [1.54, 1.807) is 10.7 Å². The van der Waals surface area contributed by atoms with Crippen molar-refractivity contribution in [2.45, 2.75) is 32.7 Å². The van der Waals surface area contributed by atoms with Crippen molar-refractivity contribution in [1.82, 2.24) is 20.0 Å². The summed E-state index contributed by atoms with van der Waals surface area (Å²) in [5, 5.41) is 7.15. The quantitative estimate of drug-likeness (QED) is 0.584. The van der Waals surface area contributed by atoms with Crippen LogP contribution < -0.4 is 10.9 Å². The summed E-state index contributed by atoms with van der Waals surface area (Å²) in [4.78, 5) is 29.5. The Labute approximate surface area is 149 Å². The number of benzene rings is 1. The van der Waals surface area contributed by atoms with Gasteiger partial charge in [0.15, 0.2) is 0 Å². The molecule has 6 nitrogen and oxygen atoms in total. The average molecular weight is 348 g/mol. The molecule has 1 aliphatic carbocycles. The van der Waals surface area contributed by atoms with E-state index >= 15 is 0 Å². The number of nitrogens with zero attached hydrogens (tertiary/aromatic N) is 2. The van der Waals surface area contributed by atoms with E-state index in [0.29, 0.717) is 28.0 Å². The van der Waals surface area contributed by atoms with Gasteiger partial charge in [0.05, 0.1) is 11.9 Å². The Morgan fingerprint density at radius 3 is 2.42 bits per heavy atom. The number of pyridine rings is 1. The Kier molecular flexibility index (Phi) is 3.57. The number of hydrogen-bond acceptors (Lipinski definition) is 3. The highest BCUT2D eigenvalue weighted by atomic mass is 16.1. The van der Waals surface area contributed by atoms with E-state index in [2.05, 4.69) is 48.2 Å². The Hall–Kier alpha value is -3.15. The fourth-order valence-electron chi connectivity index (χ4n) is 3.22. The standard InChI is InChI=1S/C20H20N4O2/c1-20(2,3)13-6-4-12(5-7-13)11-24-17-16(22-23-24)18(25)14-8-9-21-10-15(14)19(17)26/h4-10,22-23H,11H2,1-3H3. The number of aromatic amines is 2. The maximum Gasteiger partial charge on any atom is 0.215 e. The summed E-state index contributed by atoms with van der Waals surface area (Å²) in [6, 6.07) is 9.87. The highest BCUT2D eigenvalue weighted by Crippen LogP contribution is 2.22. The number of nitrogens with one attached hydrogen (secondary N) is 2. The fourth-order valence-corrected chi connectivity index (χ4v) is 3.22. The molecule has 0 spiro atoms. The maximum atomic E-state index is 12.9. The van der Waals surface area contributed by atoms with Crippen LogP contribution in [0, 0.1) is 10.7 Å². The highest BCUT2D eigenvalue weighted by molar-refractivity contribution is 5.80. The molecule has 1 aliphatic heterocycles. The van der Waals surface area contributed by atoms with Crippen LogP contribution in [0.1, 0.15) is 31.9 Å². The largest absolute Gasteiger partial charge is 0.287 e. The second-order valence-corrected chi connectivity index (χ2v) is 7.57. The molecule has 26 heavy (non-hydrogen) atoms. The Bertz CT molecular complexity index is 1270. The lowest BCUT2D eigenvalue weighted by Crippen LogP contribution is -2.18. The molecule has 2 aromatic rings. The van der Waals surface area contributed by atoms with Crippen molar-refractivity contribution in [1.29, 1.82) is 0 Å². The van der Waals surface area contributed by atoms with Crippen molar-refractivity contribution in [2.75, 3.05) is 0 Å². The van der Waals surface area contributed by atoms with Crippen molar-refractivity contribution in [3.05, 3.63) is 85.0 Å². The first kappa shape index (κ1) is 16.3. The van der Waals surface area contributed by atoms with Gasteiger partial charge in [-0.2, -0.15) is 0 Å². The molecule has 0 saturated carbocycles. The summed E-state index contributed by atoms with van der Waals surface area (Å²) in [6.45, 7) is 6.97. The van der Waals surface area contributed by atoms with Crippen LogP contribution in [-0.2, 0) is 12.0 Å². The molecule has 132 valence electrons. The number of hydrogen-bond donors (Lipinski definition) is 2. The molecule has 4 rings (SSSR count). The van der Waals surface area contributed by atoms with Crippen molar-refractivity contribution >= 4 is 10.8 Å². The van der Waals surface area contributed by atoms with Crippen molar-refractivity contribution in [2.24, 2.45) is 0 Å². The molecule has 0 fully saturated rings. The zero-order chi connectivity index (χ0) is 18.5. The van der Waals surface area contributed by atoms with Gasteiger partial charge in [0.25, 0.3) is 0 Å². The van der Waals surface area contributed by atoms with Gasteiger partial charge in [-0.05, 0) is 22.6 Å². The normalized spacial score (nSPS) is 12.1. The Morgan fingerprint density at radius 2 is 1.73 bits per heavy atom. The lowest BCUT2D eigenvalue weighted by atomic mass is 9.87. The summed E-state index contributed by atoms with van der Waals surface area (Å²) in [7, 11) is 0. The summed E-state index contributed by atoms with van der Waals surface area (Å²) in [6.07, 6.45) is 2.97. The van der Waals surface area contributed by atoms with Crippen LogP contribution in [0.4, 0.5) is 0 Å². The first-order valence-corrected chi connectivity index (χ1v) is 8.52. The topological polar surface area (TPSA) is 83.5 Å². The van der Waals surface area contributed by atoms with Gasteiger partial charge in [-0.3, -0.25) is 24.4 Å². The van der Waals surface area contributed by atoms with Gasteiger partial charge in [0, 0.05) is 17.8 Å². The molecule has 0 amide bonds. The van der Waals surface area contributed by atoms with Gasteiger partial charge < -0.3 is 0 Å². The molecule has 0 radical (unpaired) electrons. The minimum Gasteiger partial charge on any atom is -0.287 e. The second-order valence-electron chi connectivity index (χ2n) is 7.57. The van der Waals surface area contributed by atoms with Crippen molar-refractivity contribution in [3.8, 4) is 0 Å². The van der Waals surface area contributed by atoms with Crippen LogP contribution in [0.5, 0.6) is 0 Å². The van der Waals surface area contributed by atoms with Crippen LogP contribution in [0.3, 0.4) is 0 Å². The van der Waals surface area contributed by atoms with Crippen LogP contribution in [0.2, 0.25) is 0 Å². The van der Waals surface area contributed by atoms with Crippen LogP contribution in [0.25, 0.3) is 10.8 Å². The first-order chi connectivity index (χ1) is 12.4. The van der Waals surface area contributed by atoms with E-state index in [1.807, 2.05) is 12.1 Å². The van der Waals surface area contributed by atoms with E-state index in [4.69, 9.17) is 0 Å². The number of aromatic nitrogens is 4. The van der Waals surface area contributed by atoms with E-state index < -0.39 is 0 Å². The number of fused-ring (bicyclic) bond motifs is 1. The van der Waals surface area contributed by atoms with Crippen molar-refractivity contribution < 1.29 is 0 Å². The van der Waals surface area contributed by atoms with Gasteiger partial charge in [0.2, 0.25) is 10.9 Å². The lowest BCUT2D eigenvalue weighted by molar-refractivity contribution is 0.588. The van der Waals surface area contributed by atoms with Gasteiger partial charge in [0.1, 0.15) is 10.7 Å². The van der Waals surface area contributed by atoms with Crippen LogP contribution in [-0.4, -0.2) is 20.0 Å². The summed E-state index contributed by atoms with van der Waals surface area (Å²) in [5.74, 6) is 0. The van der Waals surface area contributed by atoms with Gasteiger partial charge in [-0.1, -0.05) is 45.0 Å². The van der Waals surface area contributed by atoms with Gasteiger partial charge >= 0.3 is 0 Å². The summed E-state index contributed by atoms with van der Waals surface area (Å²) >= 11 is 0. The van der Waals surface area contributed by atoms with Crippen LogP contribution in [0.15, 0.2) is 52.3 Å². The molecule has 0 unspecified atom stereocenters. The van der Waals surface area contributed by atoms with Crippen LogP contribution >= 0.6 is 0 Å². The van der Waals surface area contributed by atoms with E-state index in [9.17, 15) is 9.59 Å². The Balaban J connectivity index is 1.86. The summed E-state index contributed by atoms with van der Waals surface area (Å²) < 4.78 is 1.68. The van der Waals surface area contributed by atoms with E-state index in [1.165, 1.54) is 18.0 Å². The molecular weight excluding hydrogens is 328 g/mol. The van der Waals surface area contributed by atoms with Gasteiger partial charge in [-0.15, -0.1) is 0 Å². The van der Waals surface area contributed by atoms with E-state index in [-0.39, 0.29) is 16.3 Å². The maximum absolute atomic E-state index is 12.9. The zero-order valence-electron chi connectivity index (χ0n) is 15.0. The first-order valence-electron chi connectivity index (χ1n) is 8.52. The fraction of sp³-hybridized carbons (Fsp3) is 0.250. The zero-order valence-corrected chi connectivity index (χ0v) is 15.0. The SMILES string of the molecule is CC(C)(C)c1ccc(Cn2[nH][nH]c3c(=O)c4ccncc4c(=O)c2=3)cc1. The molecule has 2 aliphatic rings. The molecule has 2 N–H and O–H groups in total.